The van der Waals surface area contributed by atoms with Crippen molar-refractivity contribution in [3.05, 3.63) is 29.3 Å². The van der Waals surface area contributed by atoms with Crippen molar-refractivity contribution in [2.75, 3.05) is 5.43 Å². The maximum atomic E-state index is 8.56. The number of anilines is 1. The molecule has 1 rings (SSSR count). The van der Waals surface area contributed by atoms with Crippen LogP contribution in [0.5, 0.6) is 0 Å². The Balaban J connectivity index is 3.15. The Kier molecular flexibility index (Phi) is 2.09. The Bertz CT molecular complexity index is 299. The quantitative estimate of drug-likeness (QED) is 0.462. The van der Waals surface area contributed by atoms with Gasteiger partial charge in [0.1, 0.15) is 0 Å². The number of nitrogens with two attached hydrogens (primary N) is 1. The lowest BCUT2D eigenvalue weighted by Gasteiger charge is -2.00. The third-order valence-electron chi connectivity index (χ3n) is 1.37. The van der Waals surface area contributed by atoms with Gasteiger partial charge in [-0.25, -0.2) is 0 Å². The van der Waals surface area contributed by atoms with Gasteiger partial charge in [-0.05, 0) is 30.7 Å². The summed E-state index contributed by atoms with van der Waals surface area (Å²) in [5, 5.41) is 8.56. The van der Waals surface area contributed by atoms with E-state index in [1.165, 1.54) is 0 Å². The number of nitrogen functional groups attached to an aromatic ring is 1. The second-order valence-corrected chi connectivity index (χ2v) is 2.34. The van der Waals surface area contributed by atoms with Gasteiger partial charge in [0.05, 0.1) is 17.3 Å². The highest BCUT2D eigenvalue weighted by Gasteiger charge is 1.94. The lowest BCUT2D eigenvalue weighted by Crippen LogP contribution is -2.06. The third-order valence-corrected chi connectivity index (χ3v) is 1.37. The zero-order chi connectivity index (χ0) is 8.27. The van der Waals surface area contributed by atoms with Crippen LogP contribution in [-0.2, 0) is 0 Å². The molecule has 0 fully saturated rings. The molecule has 3 heteroatoms. The first-order valence-electron chi connectivity index (χ1n) is 3.24. The van der Waals surface area contributed by atoms with Crippen LogP contribution in [0.25, 0.3) is 0 Å². The minimum atomic E-state index is 0.623. The molecule has 0 saturated heterocycles. The van der Waals surface area contributed by atoms with E-state index in [9.17, 15) is 0 Å². The van der Waals surface area contributed by atoms with E-state index in [1.807, 2.05) is 19.1 Å². The minimum absolute atomic E-state index is 0.623. The Hall–Kier alpha value is -1.53. The summed E-state index contributed by atoms with van der Waals surface area (Å²) in [4.78, 5) is 0. The lowest BCUT2D eigenvalue weighted by atomic mass is 10.1. The molecule has 0 unspecified atom stereocenters. The van der Waals surface area contributed by atoms with Crippen molar-refractivity contribution in [2.24, 2.45) is 5.84 Å². The predicted molar refractivity (Wildman–Crippen MR) is 43.7 cm³/mol. The predicted octanol–water partition coefficient (Wildman–Crippen LogP) is 1.15. The average Bonchev–Trinajstić information content (AvgIpc) is 2.03. The Morgan fingerprint density at radius 1 is 1.45 bits per heavy atom. The summed E-state index contributed by atoms with van der Waals surface area (Å²) in [6.45, 7) is 1.92. The Morgan fingerprint density at radius 2 is 2.18 bits per heavy atom. The van der Waals surface area contributed by atoms with Gasteiger partial charge in [-0.2, -0.15) is 5.26 Å². The molecule has 56 valence electrons. The van der Waals surface area contributed by atoms with Gasteiger partial charge in [-0.15, -0.1) is 0 Å². The van der Waals surface area contributed by atoms with E-state index < -0.39 is 0 Å². The van der Waals surface area contributed by atoms with Crippen LogP contribution >= 0.6 is 0 Å². The Labute approximate surface area is 65.4 Å². The number of aryl methyl sites for hydroxylation is 1. The number of nitrogens with zero attached hydrogens (tertiary/aromatic N) is 1. The van der Waals surface area contributed by atoms with Crippen LogP contribution in [0.2, 0.25) is 0 Å². The molecule has 0 aromatic heterocycles. The molecule has 0 spiro atoms. The van der Waals surface area contributed by atoms with E-state index in [0.717, 1.165) is 11.3 Å². The van der Waals surface area contributed by atoms with Gasteiger partial charge in [-0.1, -0.05) is 0 Å². The molecule has 0 heterocycles. The first-order chi connectivity index (χ1) is 5.26. The van der Waals surface area contributed by atoms with Crippen LogP contribution in [0.15, 0.2) is 18.2 Å². The molecule has 1 aromatic rings. The van der Waals surface area contributed by atoms with E-state index >= 15 is 0 Å². The van der Waals surface area contributed by atoms with Gasteiger partial charge in [0.2, 0.25) is 0 Å². The molecule has 0 aliphatic heterocycles. The van der Waals surface area contributed by atoms with E-state index in [1.54, 1.807) is 12.1 Å². The largest absolute Gasteiger partial charge is 0.324 e. The number of nitrogens with one attached hydrogen (secondary N) is 1. The highest BCUT2D eigenvalue weighted by Crippen LogP contribution is 2.11. The van der Waals surface area contributed by atoms with E-state index in [0.29, 0.717) is 5.56 Å². The molecule has 11 heavy (non-hydrogen) atoms. The standard InChI is InChI=1S/C8H9N3/c1-6-2-7(5-9)4-8(3-6)11-10/h2-4,11H,10H2,1H3. The second-order valence-electron chi connectivity index (χ2n) is 2.34. The fraction of sp³-hybridized carbons (Fsp3) is 0.125. The number of nitriles is 1. The summed E-state index contributed by atoms with van der Waals surface area (Å²) in [7, 11) is 0. The molecule has 1 aromatic carbocycles. The summed E-state index contributed by atoms with van der Waals surface area (Å²) in [6.07, 6.45) is 0. The summed E-state index contributed by atoms with van der Waals surface area (Å²) in [5.74, 6) is 5.18. The fourth-order valence-electron chi connectivity index (χ4n) is 0.931. The summed E-state index contributed by atoms with van der Waals surface area (Å²) >= 11 is 0. The molecule has 0 aliphatic rings. The van der Waals surface area contributed by atoms with Crippen LogP contribution in [-0.4, -0.2) is 0 Å². The summed E-state index contributed by atoms with van der Waals surface area (Å²) in [6, 6.07) is 7.43. The molecule has 0 atom stereocenters. The van der Waals surface area contributed by atoms with Crippen molar-refractivity contribution in [2.45, 2.75) is 6.92 Å². The van der Waals surface area contributed by atoms with Gasteiger partial charge in [0.25, 0.3) is 0 Å². The van der Waals surface area contributed by atoms with E-state index in [4.69, 9.17) is 11.1 Å². The van der Waals surface area contributed by atoms with Crippen LogP contribution in [0, 0.1) is 18.3 Å². The SMILES string of the molecule is Cc1cc(C#N)cc(NN)c1. The highest BCUT2D eigenvalue weighted by atomic mass is 15.2. The molecule has 3 N–H and O–H groups in total. The Morgan fingerprint density at radius 3 is 2.73 bits per heavy atom. The molecule has 0 bridgehead atoms. The normalized spacial score (nSPS) is 8.82. The highest BCUT2D eigenvalue weighted by molar-refractivity contribution is 5.50. The van der Waals surface area contributed by atoms with Gasteiger partial charge < -0.3 is 5.43 Å². The first-order valence-corrected chi connectivity index (χ1v) is 3.24. The van der Waals surface area contributed by atoms with Crippen molar-refractivity contribution in [3.8, 4) is 6.07 Å². The molecule has 0 amide bonds. The third kappa shape index (κ3) is 1.69. The molecule has 0 saturated carbocycles. The molecule has 3 nitrogen and oxygen atoms in total. The number of hydrogen-bond acceptors (Lipinski definition) is 3. The fourth-order valence-corrected chi connectivity index (χ4v) is 0.931. The minimum Gasteiger partial charge on any atom is -0.324 e. The van der Waals surface area contributed by atoms with Crippen molar-refractivity contribution in [1.82, 2.24) is 0 Å². The zero-order valence-corrected chi connectivity index (χ0v) is 6.26. The number of benzene rings is 1. The van der Waals surface area contributed by atoms with Crippen LogP contribution in [0.3, 0.4) is 0 Å². The van der Waals surface area contributed by atoms with Crippen molar-refractivity contribution in [3.63, 3.8) is 0 Å². The van der Waals surface area contributed by atoms with E-state index in [-0.39, 0.29) is 0 Å². The van der Waals surface area contributed by atoms with Crippen LogP contribution in [0.4, 0.5) is 5.69 Å². The van der Waals surface area contributed by atoms with Gasteiger partial charge in [-0.3, -0.25) is 5.84 Å². The monoisotopic (exact) mass is 147 g/mol. The number of hydrogen-bond donors (Lipinski definition) is 2. The van der Waals surface area contributed by atoms with Crippen LogP contribution in [0.1, 0.15) is 11.1 Å². The summed E-state index contributed by atoms with van der Waals surface area (Å²) < 4.78 is 0. The topological polar surface area (TPSA) is 61.8 Å². The maximum Gasteiger partial charge on any atom is 0.0992 e. The van der Waals surface area contributed by atoms with Gasteiger partial charge in [0.15, 0.2) is 0 Å². The molecule has 0 aliphatic carbocycles. The lowest BCUT2D eigenvalue weighted by molar-refractivity contribution is 1.32. The molecular weight excluding hydrogens is 138 g/mol. The summed E-state index contributed by atoms with van der Waals surface area (Å²) in [5.41, 5.74) is 4.90. The zero-order valence-electron chi connectivity index (χ0n) is 6.26. The van der Waals surface area contributed by atoms with Crippen molar-refractivity contribution in [1.29, 1.82) is 5.26 Å². The molecule has 0 radical (unpaired) electrons. The second kappa shape index (κ2) is 3.04. The van der Waals surface area contributed by atoms with Gasteiger partial charge in [0, 0.05) is 0 Å². The maximum absolute atomic E-state index is 8.56. The van der Waals surface area contributed by atoms with Gasteiger partial charge >= 0.3 is 0 Å². The number of hydrazine groups is 1. The van der Waals surface area contributed by atoms with E-state index in [2.05, 4.69) is 5.43 Å². The van der Waals surface area contributed by atoms with Crippen molar-refractivity contribution < 1.29 is 0 Å². The smallest absolute Gasteiger partial charge is 0.0992 e. The first kappa shape index (κ1) is 7.58. The average molecular weight is 147 g/mol. The molecular formula is C8H9N3. The number of rotatable bonds is 1. The van der Waals surface area contributed by atoms with Crippen molar-refractivity contribution >= 4 is 5.69 Å². The van der Waals surface area contributed by atoms with Crippen LogP contribution < -0.4 is 11.3 Å².